The Labute approximate surface area is 109 Å². The van der Waals surface area contributed by atoms with E-state index in [1.54, 1.807) is 13.0 Å². The monoisotopic (exact) mass is 261 g/mol. The predicted octanol–water partition coefficient (Wildman–Crippen LogP) is 0.275. The average Bonchev–Trinajstić information content (AvgIpc) is 2.70. The zero-order valence-corrected chi connectivity index (χ0v) is 11.0. The Hall–Kier alpha value is -2.44. The highest BCUT2D eigenvalue weighted by molar-refractivity contribution is 6.00. The van der Waals surface area contributed by atoms with E-state index in [-0.39, 0.29) is 17.5 Å². The minimum Gasteiger partial charge on any atom is -0.365 e. The van der Waals surface area contributed by atoms with E-state index in [9.17, 15) is 9.59 Å². The van der Waals surface area contributed by atoms with Crippen molar-refractivity contribution in [2.45, 2.75) is 26.8 Å². The quantitative estimate of drug-likeness (QED) is 0.828. The van der Waals surface area contributed by atoms with Crippen molar-refractivity contribution in [2.24, 2.45) is 5.73 Å². The van der Waals surface area contributed by atoms with Gasteiger partial charge in [-0.1, -0.05) is 0 Å². The number of carbonyl (C=O) groups excluding carboxylic acids is 2. The molecule has 0 radical (unpaired) electrons. The first-order valence-corrected chi connectivity index (χ1v) is 5.86. The van der Waals surface area contributed by atoms with Crippen molar-refractivity contribution >= 4 is 17.5 Å². The van der Waals surface area contributed by atoms with Gasteiger partial charge in [0.05, 0.1) is 6.20 Å². The van der Waals surface area contributed by atoms with E-state index in [4.69, 9.17) is 5.73 Å². The maximum absolute atomic E-state index is 12.1. The molecule has 3 N–H and O–H groups in total. The van der Waals surface area contributed by atoms with E-state index in [1.807, 2.05) is 13.8 Å². The molecule has 0 bridgehead atoms. The molecular formula is C12H15N5O2. The van der Waals surface area contributed by atoms with Gasteiger partial charge in [0, 0.05) is 11.7 Å². The lowest BCUT2D eigenvalue weighted by atomic mass is 10.2. The van der Waals surface area contributed by atoms with Crippen molar-refractivity contribution in [3.63, 3.8) is 0 Å². The number of primary amides is 1. The molecule has 0 unspecified atom stereocenters. The molecule has 0 saturated heterocycles. The fourth-order valence-corrected chi connectivity index (χ4v) is 1.76. The number of aromatic nitrogens is 3. The van der Waals surface area contributed by atoms with E-state index < -0.39 is 5.91 Å². The summed E-state index contributed by atoms with van der Waals surface area (Å²) >= 11 is 0. The molecule has 0 fully saturated rings. The third kappa shape index (κ3) is 2.40. The maximum atomic E-state index is 12.1. The SMILES string of the molecule is Cc1cc(C(=O)NC(C)C)n2ncc(C(N)=O)c2n1. The number of carbonyl (C=O) groups is 2. The van der Waals surface area contributed by atoms with Gasteiger partial charge < -0.3 is 11.1 Å². The number of nitrogens with zero attached hydrogens (tertiary/aromatic N) is 3. The van der Waals surface area contributed by atoms with Crippen LogP contribution in [0.5, 0.6) is 0 Å². The molecule has 0 aliphatic rings. The fourth-order valence-electron chi connectivity index (χ4n) is 1.76. The van der Waals surface area contributed by atoms with Crippen molar-refractivity contribution < 1.29 is 9.59 Å². The zero-order chi connectivity index (χ0) is 14.2. The molecule has 0 saturated carbocycles. The van der Waals surface area contributed by atoms with Gasteiger partial charge in [0.2, 0.25) is 0 Å². The number of nitrogens with two attached hydrogens (primary N) is 1. The Bertz CT molecular complexity index is 659. The van der Waals surface area contributed by atoms with Gasteiger partial charge in [0.15, 0.2) is 5.65 Å². The highest BCUT2D eigenvalue weighted by Crippen LogP contribution is 2.12. The minimum atomic E-state index is -0.622. The topological polar surface area (TPSA) is 102 Å². The molecule has 0 aliphatic heterocycles. The zero-order valence-electron chi connectivity index (χ0n) is 11.0. The first-order chi connectivity index (χ1) is 8.90. The number of amides is 2. The van der Waals surface area contributed by atoms with E-state index in [0.29, 0.717) is 17.0 Å². The molecule has 100 valence electrons. The van der Waals surface area contributed by atoms with Gasteiger partial charge in [0.1, 0.15) is 11.3 Å². The number of hydrogen-bond donors (Lipinski definition) is 2. The molecule has 0 spiro atoms. The van der Waals surface area contributed by atoms with Crippen LogP contribution in [-0.2, 0) is 0 Å². The van der Waals surface area contributed by atoms with E-state index in [1.165, 1.54) is 10.7 Å². The predicted molar refractivity (Wildman–Crippen MR) is 68.8 cm³/mol. The fraction of sp³-hybridized carbons (Fsp3) is 0.333. The standard InChI is InChI=1S/C12H15N5O2/c1-6(2)15-12(19)9-4-7(3)16-11-8(10(13)18)5-14-17(9)11/h4-6H,1-3H3,(H2,13,18)(H,15,19). The first kappa shape index (κ1) is 13.0. The summed E-state index contributed by atoms with van der Waals surface area (Å²) in [6, 6.07) is 1.62. The van der Waals surface area contributed by atoms with Crippen LogP contribution in [0, 0.1) is 6.92 Å². The van der Waals surface area contributed by atoms with Crippen molar-refractivity contribution in [1.82, 2.24) is 19.9 Å². The molecule has 2 amide bonds. The third-order valence-electron chi connectivity index (χ3n) is 2.52. The lowest BCUT2D eigenvalue weighted by molar-refractivity contribution is 0.0933. The van der Waals surface area contributed by atoms with Crippen molar-refractivity contribution in [1.29, 1.82) is 0 Å². The van der Waals surface area contributed by atoms with E-state index in [2.05, 4.69) is 15.4 Å². The van der Waals surface area contributed by atoms with Crippen LogP contribution in [-0.4, -0.2) is 32.5 Å². The Morgan fingerprint density at radius 3 is 2.68 bits per heavy atom. The highest BCUT2D eigenvalue weighted by Gasteiger charge is 2.18. The van der Waals surface area contributed by atoms with Gasteiger partial charge in [-0.2, -0.15) is 5.10 Å². The maximum Gasteiger partial charge on any atom is 0.270 e. The second kappa shape index (κ2) is 4.68. The van der Waals surface area contributed by atoms with Crippen LogP contribution in [0.4, 0.5) is 0 Å². The number of nitrogens with one attached hydrogen (secondary N) is 1. The summed E-state index contributed by atoms with van der Waals surface area (Å²) in [6.45, 7) is 5.46. The van der Waals surface area contributed by atoms with Crippen LogP contribution in [0.25, 0.3) is 5.65 Å². The Morgan fingerprint density at radius 1 is 1.42 bits per heavy atom. The van der Waals surface area contributed by atoms with Crippen molar-refractivity contribution in [2.75, 3.05) is 0 Å². The van der Waals surface area contributed by atoms with Crippen LogP contribution in [0.1, 0.15) is 40.4 Å². The summed E-state index contributed by atoms with van der Waals surface area (Å²) in [7, 11) is 0. The molecule has 0 atom stereocenters. The van der Waals surface area contributed by atoms with Gasteiger partial charge in [-0.25, -0.2) is 9.50 Å². The number of aryl methyl sites for hydroxylation is 1. The minimum absolute atomic E-state index is 0.00203. The molecular weight excluding hydrogens is 246 g/mol. The largest absolute Gasteiger partial charge is 0.365 e. The second-order valence-electron chi connectivity index (χ2n) is 4.57. The molecule has 2 aromatic heterocycles. The van der Waals surface area contributed by atoms with Gasteiger partial charge in [-0.3, -0.25) is 9.59 Å². The molecule has 7 heteroatoms. The van der Waals surface area contributed by atoms with Crippen LogP contribution in [0.15, 0.2) is 12.3 Å². The molecule has 2 heterocycles. The summed E-state index contributed by atoms with van der Waals surface area (Å²) < 4.78 is 1.32. The summed E-state index contributed by atoms with van der Waals surface area (Å²) in [6.07, 6.45) is 1.32. The van der Waals surface area contributed by atoms with Gasteiger partial charge in [-0.15, -0.1) is 0 Å². The first-order valence-electron chi connectivity index (χ1n) is 5.86. The summed E-state index contributed by atoms with van der Waals surface area (Å²) in [4.78, 5) is 27.6. The average molecular weight is 261 g/mol. The van der Waals surface area contributed by atoms with Gasteiger partial charge in [-0.05, 0) is 26.8 Å². The Balaban J connectivity index is 2.62. The molecule has 7 nitrogen and oxygen atoms in total. The Morgan fingerprint density at radius 2 is 2.11 bits per heavy atom. The van der Waals surface area contributed by atoms with Crippen LogP contribution >= 0.6 is 0 Å². The number of rotatable bonds is 3. The number of hydrogen-bond acceptors (Lipinski definition) is 4. The van der Waals surface area contributed by atoms with Crippen LogP contribution in [0.3, 0.4) is 0 Å². The summed E-state index contributed by atoms with van der Waals surface area (Å²) in [5.41, 5.74) is 6.68. The smallest absolute Gasteiger partial charge is 0.270 e. The molecule has 2 aromatic rings. The summed E-state index contributed by atoms with van der Waals surface area (Å²) in [5, 5.41) is 6.77. The molecule has 0 aromatic carbocycles. The second-order valence-corrected chi connectivity index (χ2v) is 4.57. The number of fused-ring (bicyclic) bond motifs is 1. The third-order valence-corrected chi connectivity index (χ3v) is 2.52. The van der Waals surface area contributed by atoms with Crippen molar-refractivity contribution in [3.8, 4) is 0 Å². The Kier molecular flexibility index (Phi) is 3.20. The van der Waals surface area contributed by atoms with Crippen LogP contribution in [0.2, 0.25) is 0 Å². The molecule has 2 rings (SSSR count). The molecule has 0 aliphatic carbocycles. The lowest BCUT2D eigenvalue weighted by Gasteiger charge is -2.10. The van der Waals surface area contributed by atoms with Gasteiger partial charge >= 0.3 is 0 Å². The highest BCUT2D eigenvalue weighted by atomic mass is 16.2. The lowest BCUT2D eigenvalue weighted by Crippen LogP contribution is -2.32. The summed E-state index contributed by atoms with van der Waals surface area (Å²) in [5.74, 6) is -0.895. The van der Waals surface area contributed by atoms with E-state index >= 15 is 0 Å². The van der Waals surface area contributed by atoms with Crippen LogP contribution < -0.4 is 11.1 Å². The van der Waals surface area contributed by atoms with E-state index in [0.717, 1.165) is 0 Å². The normalized spacial score (nSPS) is 10.9. The van der Waals surface area contributed by atoms with Gasteiger partial charge in [0.25, 0.3) is 11.8 Å². The molecule has 19 heavy (non-hydrogen) atoms. The van der Waals surface area contributed by atoms with Crippen molar-refractivity contribution in [3.05, 3.63) is 29.2 Å².